The Kier molecular flexibility index (Phi) is 5.03. The van der Waals surface area contributed by atoms with Crippen molar-refractivity contribution in [2.24, 2.45) is 0 Å². The summed E-state index contributed by atoms with van der Waals surface area (Å²) in [4.78, 5) is 26.8. The zero-order valence-corrected chi connectivity index (χ0v) is 16.2. The number of hydrogen-bond donors (Lipinski definition) is 2. The molecule has 27 heavy (non-hydrogen) atoms. The van der Waals surface area contributed by atoms with Gasteiger partial charge in [0, 0.05) is 13.1 Å². The van der Waals surface area contributed by atoms with Gasteiger partial charge in [0.1, 0.15) is 0 Å². The molecule has 142 valence electrons. The lowest BCUT2D eigenvalue weighted by atomic mass is 10.1. The summed E-state index contributed by atoms with van der Waals surface area (Å²) in [6.45, 7) is 5.45. The predicted octanol–water partition coefficient (Wildman–Crippen LogP) is 1.59. The molecule has 0 spiro atoms. The van der Waals surface area contributed by atoms with Crippen LogP contribution in [0.4, 0.5) is 0 Å². The van der Waals surface area contributed by atoms with Gasteiger partial charge < -0.3 is 9.55 Å². The van der Waals surface area contributed by atoms with E-state index in [9.17, 15) is 18.0 Å². The normalized spacial score (nSPS) is 11.8. The molecule has 0 bridgehead atoms. The molecule has 2 aromatic carbocycles. The minimum atomic E-state index is -3.74. The number of aryl methyl sites for hydroxylation is 3. The standard InChI is InChI=1S/C19H21N3O4S/c1-12-10-13(2)17(14(3)11-12)27(25,26)20-8-9-22-16-7-5-4-6-15(16)21-18(23)19(22)24/h4-7,10-11,20H,8-9H2,1-3H3,(H,21,23). The van der Waals surface area contributed by atoms with Crippen LogP contribution in [0.1, 0.15) is 16.7 Å². The van der Waals surface area contributed by atoms with Gasteiger partial charge in [-0.1, -0.05) is 29.8 Å². The third-order valence-electron chi connectivity index (χ3n) is 4.38. The number of nitrogens with one attached hydrogen (secondary N) is 2. The molecule has 0 aliphatic carbocycles. The van der Waals surface area contributed by atoms with Gasteiger partial charge in [-0.25, -0.2) is 13.1 Å². The zero-order chi connectivity index (χ0) is 19.8. The molecule has 7 nitrogen and oxygen atoms in total. The summed E-state index contributed by atoms with van der Waals surface area (Å²) in [5.41, 5.74) is 1.94. The fourth-order valence-corrected chi connectivity index (χ4v) is 4.87. The SMILES string of the molecule is Cc1cc(C)c(S(=O)(=O)NCCn2c(=O)c(=O)[nH]c3ccccc32)c(C)c1. The third kappa shape index (κ3) is 3.72. The van der Waals surface area contributed by atoms with E-state index >= 15 is 0 Å². The second kappa shape index (κ2) is 7.13. The summed E-state index contributed by atoms with van der Waals surface area (Å²) in [5.74, 6) is 0. The molecule has 1 heterocycles. The first-order valence-electron chi connectivity index (χ1n) is 8.50. The molecule has 3 aromatic rings. The van der Waals surface area contributed by atoms with Gasteiger partial charge in [0.15, 0.2) is 0 Å². The van der Waals surface area contributed by atoms with Crippen LogP contribution in [0.15, 0.2) is 50.9 Å². The lowest BCUT2D eigenvalue weighted by Gasteiger charge is -2.14. The Morgan fingerprint density at radius 2 is 1.67 bits per heavy atom. The van der Waals surface area contributed by atoms with Crippen LogP contribution < -0.4 is 15.8 Å². The Balaban J connectivity index is 1.89. The van der Waals surface area contributed by atoms with Gasteiger partial charge in [0.05, 0.1) is 15.9 Å². The van der Waals surface area contributed by atoms with Crippen molar-refractivity contribution in [3.05, 3.63) is 73.8 Å². The predicted molar refractivity (Wildman–Crippen MR) is 105 cm³/mol. The van der Waals surface area contributed by atoms with Crippen LogP contribution in [0.2, 0.25) is 0 Å². The van der Waals surface area contributed by atoms with E-state index in [1.54, 1.807) is 38.1 Å². The van der Waals surface area contributed by atoms with E-state index in [1.807, 2.05) is 19.1 Å². The Morgan fingerprint density at radius 3 is 2.33 bits per heavy atom. The first-order chi connectivity index (χ1) is 12.7. The van der Waals surface area contributed by atoms with E-state index in [2.05, 4.69) is 9.71 Å². The minimum Gasteiger partial charge on any atom is -0.316 e. The molecule has 2 N–H and O–H groups in total. The highest BCUT2D eigenvalue weighted by Crippen LogP contribution is 2.21. The monoisotopic (exact) mass is 387 g/mol. The maximum absolute atomic E-state index is 12.7. The summed E-state index contributed by atoms with van der Waals surface area (Å²) < 4.78 is 29.3. The first-order valence-corrected chi connectivity index (χ1v) is 9.98. The number of aromatic nitrogens is 2. The number of hydrogen-bond acceptors (Lipinski definition) is 4. The molecule has 0 fully saturated rings. The van der Waals surface area contributed by atoms with Gasteiger partial charge in [-0.15, -0.1) is 0 Å². The van der Waals surface area contributed by atoms with Crippen molar-refractivity contribution in [1.82, 2.24) is 14.3 Å². The maximum atomic E-state index is 12.7. The number of aromatic amines is 1. The third-order valence-corrected chi connectivity index (χ3v) is 6.15. The molecule has 0 saturated carbocycles. The zero-order valence-electron chi connectivity index (χ0n) is 15.4. The highest BCUT2D eigenvalue weighted by Gasteiger charge is 2.19. The van der Waals surface area contributed by atoms with Gasteiger partial charge >= 0.3 is 11.1 Å². The van der Waals surface area contributed by atoms with Crippen LogP contribution in [0.3, 0.4) is 0 Å². The molecule has 8 heteroatoms. The summed E-state index contributed by atoms with van der Waals surface area (Å²) in [6, 6.07) is 10.5. The smallest absolute Gasteiger partial charge is 0.316 e. The Labute approximate surface area is 156 Å². The molecular weight excluding hydrogens is 366 g/mol. The molecule has 0 amide bonds. The summed E-state index contributed by atoms with van der Waals surface area (Å²) in [5, 5.41) is 0. The van der Waals surface area contributed by atoms with Crippen molar-refractivity contribution in [3.63, 3.8) is 0 Å². The molecule has 0 saturated heterocycles. The van der Waals surface area contributed by atoms with Crippen molar-refractivity contribution in [3.8, 4) is 0 Å². The lowest BCUT2D eigenvalue weighted by Crippen LogP contribution is -2.39. The van der Waals surface area contributed by atoms with E-state index in [4.69, 9.17) is 0 Å². The molecule has 0 aliphatic heterocycles. The van der Waals surface area contributed by atoms with E-state index in [-0.39, 0.29) is 18.0 Å². The Hall–Kier alpha value is -2.71. The quantitative estimate of drug-likeness (QED) is 0.649. The Morgan fingerprint density at radius 1 is 1.04 bits per heavy atom. The molecule has 0 aliphatic rings. The molecule has 1 aromatic heterocycles. The van der Waals surface area contributed by atoms with Gasteiger partial charge in [-0.3, -0.25) is 9.59 Å². The van der Waals surface area contributed by atoms with E-state index in [0.29, 0.717) is 22.2 Å². The van der Waals surface area contributed by atoms with Crippen molar-refractivity contribution in [1.29, 1.82) is 0 Å². The van der Waals surface area contributed by atoms with Crippen molar-refractivity contribution in [2.45, 2.75) is 32.2 Å². The van der Waals surface area contributed by atoms with Gasteiger partial charge in [0.2, 0.25) is 10.0 Å². The van der Waals surface area contributed by atoms with Crippen LogP contribution in [-0.2, 0) is 16.6 Å². The van der Waals surface area contributed by atoms with Crippen LogP contribution in [-0.4, -0.2) is 24.5 Å². The molecule has 0 radical (unpaired) electrons. The summed E-state index contributed by atoms with van der Waals surface area (Å²) in [7, 11) is -3.74. The van der Waals surface area contributed by atoms with Gasteiger partial charge in [-0.05, 0) is 44.0 Å². The van der Waals surface area contributed by atoms with E-state index in [0.717, 1.165) is 5.56 Å². The number of benzene rings is 2. The Bertz CT molecular complexity index is 1220. The number of H-pyrrole nitrogens is 1. The number of para-hydroxylation sites is 2. The van der Waals surface area contributed by atoms with Gasteiger partial charge in [-0.2, -0.15) is 0 Å². The minimum absolute atomic E-state index is 0.0115. The van der Waals surface area contributed by atoms with Crippen molar-refractivity contribution >= 4 is 21.1 Å². The highest BCUT2D eigenvalue weighted by molar-refractivity contribution is 7.89. The average molecular weight is 387 g/mol. The fourth-order valence-electron chi connectivity index (χ4n) is 3.40. The molecule has 0 unspecified atom stereocenters. The maximum Gasteiger partial charge on any atom is 0.316 e. The fraction of sp³-hybridized carbons (Fsp3) is 0.263. The number of rotatable bonds is 5. The van der Waals surface area contributed by atoms with Crippen LogP contribution in [0, 0.1) is 20.8 Å². The van der Waals surface area contributed by atoms with Crippen molar-refractivity contribution < 1.29 is 8.42 Å². The highest BCUT2D eigenvalue weighted by atomic mass is 32.2. The van der Waals surface area contributed by atoms with Crippen LogP contribution in [0.5, 0.6) is 0 Å². The number of nitrogens with zero attached hydrogens (tertiary/aromatic N) is 1. The molecule has 0 atom stereocenters. The van der Waals surface area contributed by atoms with Gasteiger partial charge in [0.25, 0.3) is 0 Å². The van der Waals surface area contributed by atoms with E-state index in [1.165, 1.54) is 4.57 Å². The van der Waals surface area contributed by atoms with Crippen LogP contribution >= 0.6 is 0 Å². The van der Waals surface area contributed by atoms with E-state index < -0.39 is 21.1 Å². The van der Waals surface area contributed by atoms with Crippen molar-refractivity contribution in [2.75, 3.05) is 6.54 Å². The number of sulfonamides is 1. The topological polar surface area (TPSA) is 101 Å². The summed E-state index contributed by atoms with van der Waals surface area (Å²) in [6.07, 6.45) is 0. The lowest BCUT2D eigenvalue weighted by molar-refractivity contribution is 0.571. The largest absolute Gasteiger partial charge is 0.316 e. The number of fused-ring (bicyclic) bond motifs is 1. The molecule has 3 rings (SSSR count). The second-order valence-corrected chi connectivity index (χ2v) is 8.26. The summed E-state index contributed by atoms with van der Waals surface area (Å²) >= 11 is 0. The first kappa shape index (κ1) is 19.1. The molecular formula is C19H21N3O4S. The van der Waals surface area contributed by atoms with Crippen LogP contribution in [0.25, 0.3) is 11.0 Å². The second-order valence-electron chi connectivity index (χ2n) is 6.55. The average Bonchev–Trinajstić information content (AvgIpc) is 2.57.